The number of hydrogen-bond acceptors (Lipinski definition) is 0. The van der Waals surface area contributed by atoms with Crippen molar-refractivity contribution in [2.75, 3.05) is 0 Å². The molecule has 0 amide bonds. The van der Waals surface area contributed by atoms with Crippen LogP contribution >= 0.6 is 0 Å². The fourth-order valence-electron chi connectivity index (χ4n) is 3.19. The molecule has 0 bridgehead atoms. The van der Waals surface area contributed by atoms with Crippen molar-refractivity contribution in [1.82, 2.24) is 0 Å². The van der Waals surface area contributed by atoms with Gasteiger partial charge in [0, 0.05) is 0 Å². The summed E-state index contributed by atoms with van der Waals surface area (Å²) in [4.78, 5) is 0. The third kappa shape index (κ3) is 5.85. The molecule has 0 aromatic heterocycles. The van der Waals surface area contributed by atoms with Crippen molar-refractivity contribution in [1.29, 1.82) is 0 Å². The molecule has 1 saturated carbocycles. The van der Waals surface area contributed by atoms with Gasteiger partial charge in [0.25, 0.3) is 0 Å². The van der Waals surface area contributed by atoms with Gasteiger partial charge in [-0.05, 0) is 85.8 Å². The van der Waals surface area contributed by atoms with Crippen molar-refractivity contribution in [3.63, 3.8) is 0 Å². The molecular formula is C21H34. The van der Waals surface area contributed by atoms with E-state index in [2.05, 4.69) is 52.8 Å². The first-order chi connectivity index (χ1) is 9.77. The topological polar surface area (TPSA) is 0 Å². The zero-order chi connectivity index (χ0) is 15.5. The summed E-state index contributed by atoms with van der Waals surface area (Å²) in [5.41, 5.74) is 5.77. The molecule has 0 saturated heterocycles. The molecule has 21 heavy (non-hydrogen) atoms. The fraction of sp³-hybridized carbons (Fsp3) is 0.714. The second-order valence-electron chi connectivity index (χ2n) is 8.84. The molecule has 1 aliphatic rings. The SMILES string of the molecule is Cc1cc(CCCC2(C)CC2)ccc1CCCC(C)(C)C. The zero-order valence-electron chi connectivity index (χ0n) is 14.9. The average molecular weight is 287 g/mol. The first kappa shape index (κ1) is 16.6. The van der Waals surface area contributed by atoms with Crippen LogP contribution < -0.4 is 0 Å². The quantitative estimate of drug-likeness (QED) is 0.537. The molecule has 1 aliphatic carbocycles. The highest BCUT2D eigenvalue weighted by atomic mass is 14.4. The van der Waals surface area contributed by atoms with E-state index in [0.717, 1.165) is 0 Å². The monoisotopic (exact) mass is 286 g/mol. The van der Waals surface area contributed by atoms with Crippen LogP contribution in [0.25, 0.3) is 0 Å². The summed E-state index contributed by atoms with van der Waals surface area (Å²) < 4.78 is 0. The van der Waals surface area contributed by atoms with E-state index >= 15 is 0 Å². The maximum Gasteiger partial charge on any atom is -0.0276 e. The Bertz CT molecular complexity index is 457. The molecule has 1 fully saturated rings. The van der Waals surface area contributed by atoms with Crippen LogP contribution in [0.2, 0.25) is 0 Å². The Labute approximate surface area is 132 Å². The Morgan fingerprint density at radius 1 is 1.05 bits per heavy atom. The molecule has 0 unspecified atom stereocenters. The van der Waals surface area contributed by atoms with Gasteiger partial charge in [-0.15, -0.1) is 0 Å². The van der Waals surface area contributed by atoms with Crippen LogP contribution in [0.4, 0.5) is 0 Å². The summed E-state index contributed by atoms with van der Waals surface area (Å²) in [5, 5.41) is 0. The minimum atomic E-state index is 0.465. The number of benzene rings is 1. The van der Waals surface area contributed by atoms with Gasteiger partial charge in [-0.3, -0.25) is 0 Å². The minimum Gasteiger partial charge on any atom is -0.0602 e. The molecule has 1 aromatic rings. The third-order valence-electron chi connectivity index (χ3n) is 5.13. The van der Waals surface area contributed by atoms with E-state index < -0.39 is 0 Å². The highest BCUT2D eigenvalue weighted by Gasteiger charge is 2.35. The molecule has 2 rings (SSSR count). The molecule has 0 radical (unpaired) electrons. The molecule has 0 N–H and O–H groups in total. The van der Waals surface area contributed by atoms with E-state index in [1.807, 2.05) is 0 Å². The van der Waals surface area contributed by atoms with Crippen molar-refractivity contribution in [2.45, 2.75) is 86.0 Å². The van der Waals surface area contributed by atoms with Crippen molar-refractivity contribution in [2.24, 2.45) is 10.8 Å². The van der Waals surface area contributed by atoms with Crippen LogP contribution in [0, 0.1) is 17.8 Å². The van der Waals surface area contributed by atoms with E-state index in [0.29, 0.717) is 10.8 Å². The molecule has 0 aliphatic heterocycles. The lowest BCUT2D eigenvalue weighted by atomic mass is 9.88. The second kappa shape index (κ2) is 6.55. The summed E-state index contributed by atoms with van der Waals surface area (Å²) in [6.07, 6.45) is 10.8. The Hall–Kier alpha value is -0.780. The predicted molar refractivity (Wildman–Crippen MR) is 93.9 cm³/mol. The summed E-state index contributed by atoms with van der Waals surface area (Å²) in [5.74, 6) is 0. The Morgan fingerprint density at radius 3 is 2.33 bits per heavy atom. The first-order valence-corrected chi connectivity index (χ1v) is 8.86. The van der Waals surface area contributed by atoms with Crippen LogP contribution in [0.3, 0.4) is 0 Å². The molecule has 0 spiro atoms. The largest absolute Gasteiger partial charge is 0.0602 e. The van der Waals surface area contributed by atoms with Crippen LogP contribution in [-0.4, -0.2) is 0 Å². The third-order valence-corrected chi connectivity index (χ3v) is 5.13. The lowest BCUT2D eigenvalue weighted by molar-refractivity contribution is 0.365. The zero-order valence-corrected chi connectivity index (χ0v) is 14.9. The van der Waals surface area contributed by atoms with Crippen molar-refractivity contribution in [3.8, 4) is 0 Å². The van der Waals surface area contributed by atoms with E-state index in [4.69, 9.17) is 0 Å². The number of rotatable bonds is 7. The molecular weight excluding hydrogens is 252 g/mol. The lowest BCUT2D eigenvalue weighted by Crippen LogP contribution is -2.05. The van der Waals surface area contributed by atoms with Gasteiger partial charge in [-0.2, -0.15) is 0 Å². The molecule has 1 aromatic carbocycles. The standard InChI is InChI=1S/C21H34/c1-17-16-18(8-6-13-21(5)14-15-21)10-11-19(17)9-7-12-20(2,3)4/h10-11,16H,6-9,12-15H2,1-5H3. The van der Waals surface area contributed by atoms with Gasteiger partial charge in [-0.25, -0.2) is 0 Å². The first-order valence-electron chi connectivity index (χ1n) is 8.86. The van der Waals surface area contributed by atoms with Gasteiger partial charge in [0.15, 0.2) is 0 Å². The van der Waals surface area contributed by atoms with E-state index in [9.17, 15) is 0 Å². The molecule has 118 valence electrons. The number of aryl methyl sites for hydroxylation is 3. The highest BCUT2D eigenvalue weighted by molar-refractivity contribution is 5.31. The normalized spacial score (nSPS) is 17.0. The van der Waals surface area contributed by atoms with Gasteiger partial charge in [-0.1, -0.05) is 45.9 Å². The van der Waals surface area contributed by atoms with Crippen LogP contribution in [-0.2, 0) is 12.8 Å². The summed E-state index contributed by atoms with van der Waals surface area (Å²) in [6, 6.07) is 7.18. The molecule has 0 nitrogen and oxygen atoms in total. The van der Waals surface area contributed by atoms with Crippen molar-refractivity contribution < 1.29 is 0 Å². The smallest absolute Gasteiger partial charge is 0.0276 e. The maximum absolute atomic E-state index is 2.44. The molecule has 0 heteroatoms. The Balaban J connectivity index is 1.79. The van der Waals surface area contributed by atoms with Gasteiger partial charge in [0.05, 0.1) is 0 Å². The van der Waals surface area contributed by atoms with E-state index in [-0.39, 0.29) is 0 Å². The second-order valence-corrected chi connectivity index (χ2v) is 8.84. The minimum absolute atomic E-state index is 0.465. The average Bonchev–Trinajstić information content (AvgIpc) is 3.09. The van der Waals surface area contributed by atoms with Crippen LogP contribution in [0.5, 0.6) is 0 Å². The van der Waals surface area contributed by atoms with Crippen LogP contribution in [0.1, 0.15) is 82.9 Å². The predicted octanol–water partition coefficient (Wildman–Crippen LogP) is 6.49. The van der Waals surface area contributed by atoms with Crippen molar-refractivity contribution >= 4 is 0 Å². The van der Waals surface area contributed by atoms with Gasteiger partial charge < -0.3 is 0 Å². The molecule has 0 heterocycles. The summed E-state index contributed by atoms with van der Waals surface area (Å²) in [6.45, 7) is 11.7. The van der Waals surface area contributed by atoms with Gasteiger partial charge in [0.1, 0.15) is 0 Å². The van der Waals surface area contributed by atoms with Crippen molar-refractivity contribution in [3.05, 3.63) is 34.9 Å². The maximum atomic E-state index is 2.44. The summed E-state index contributed by atoms with van der Waals surface area (Å²) in [7, 11) is 0. The van der Waals surface area contributed by atoms with E-state index in [1.54, 1.807) is 5.56 Å². The lowest BCUT2D eigenvalue weighted by Gasteiger charge is -2.18. The highest BCUT2D eigenvalue weighted by Crippen LogP contribution is 2.49. The van der Waals surface area contributed by atoms with Gasteiger partial charge >= 0.3 is 0 Å². The Morgan fingerprint density at radius 2 is 1.76 bits per heavy atom. The molecule has 0 atom stereocenters. The summed E-state index contributed by atoms with van der Waals surface area (Å²) >= 11 is 0. The van der Waals surface area contributed by atoms with E-state index in [1.165, 1.54) is 62.5 Å². The van der Waals surface area contributed by atoms with Gasteiger partial charge in [0.2, 0.25) is 0 Å². The Kier molecular flexibility index (Phi) is 5.17. The number of hydrogen-bond donors (Lipinski definition) is 0. The fourth-order valence-corrected chi connectivity index (χ4v) is 3.19. The van der Waals surface area contributed by atoms with Crippen LogP contribution in [0.15, 0.2) is 18.2 Å².